The van der Waals surface area contributed by atoms with E-state index in [-0.39, 0.29) is 17.5 Å². The number of carbonyl (C=O) groups is 1. The number of benzene rings is 3. The molecule has 4 aromatic rings. The van der Waals surface area contributed by atoms with Crippen LogP contribution in [-0.2, 0) is 6.42 Å². The van der Waals surface area contributed by atoms with Crippen LogP contribution in [-0.4, -0.2) is 40.8 Å². The molecule has 1 aliphatic heterocycles. The number of hydrogen-bond acceptors (Lipinski definition) is 5. The van der Waals surface area contributed by atoms with E-state index in [1.165, 1.54) is 30.5 Å². The summed E-state index contributed by atoms with van der Waals surface area (Å²) in [7, 11) is 0. The van der Waals surface area contributed by atoms with Crippen LogP contribution in [0.15, 0.2) is 54.6 Å². The van der Waals surface area contributed by atoms with Gasteiger partial charge in [0.15, 0.2) is 5.82 Å². The summed E-state index contributed by atoms with van der Waals surface area (Å²) in [5, 5.41) is 18.4. The number of nitrogens with one attached hydrogen (secondary N) is 4. The average molecular weight is 627 g/mol. The van der Waals surface area contributed by atoms with Crippen molar-refractivity contribution >= 4 is 28.3 Å². The lowest BCUT2D eigenvalue weighted by molar-refractivity contribution is 0.0706. The van der Waals surface area contributed by atoms with Crippen molar-refractivity contribution in [1.29, 1.82) is 0 Å². The van der Waals surface area contributed by atoms with Crippen LogP contribution in [0.25, 0.3) is 10.9 Å². The first-order chi connectivity index (χ1) is 22.1. The Labute approximate surface area is 269 Å². The standard InChI is InChI=1S/C37H44F2N6O/c1-21-11-24-13-26(20-37(2,40)19-24)34(21)25-4-5-30(33(17-25)42-29-7-9-41-10-8-29)36(46)43-35-31-16-22(3-6-32(31)44-45-35)12-23-14-27(38)18-28(39)15-23/h3-6,14-18,21,24,26,29,34,41-42H,7-13,19-20,40H2,1-2H3,(H2,43,44,45,46). The first-order valence-corrected chi connectivity index (χ1v) is 16.7. The molecule has 1 amide bonds. The summed E-state index contributed by atoms with van der Waals surface area (Å²) in [6.07, 6.45) is 6.87. The number of nitrogens with two attached hydrogens (primary N) is 1. The molecule has 2 heterocycles. The summed E-state index contributed by atoms with van der Waals surface area (Å²) in [6.45, 7) is 6.48. The van der Waals surface area contributed by atoms with Gasteiger partial charge in [-0.1, -0.05) is 19.1 Å². The molecule has 0 radical (unpaired) electrons. The number of rotatable bonds is 7. The maximum absolute atomic E-state index is 14.0. The molecule has 242 valence electrons. The number of aromatic amines is 1. The topological polar surface area (TPSA) is 108 Å². The fraction of sp³-hybridized carbons (Fsp3) is 0.459. The van der Waals surface area contributed by atoms with Crippen LogP contribution in [0.2, 0.25) is 0 Å². The predicted molar refractivity (Wildman–Crippen MR) is 179 cm³/mol. The summed E-state index contributed by atoms with van der Waals surface area (Å²) in [6, 6.07) is 15.8. The van der Waals surface area contributed by atoms with Gasteiger partial charge in [-0.05, 0) is 142 Å². The fourth-order valence-corrected chi connectivity index (χ4v) is 8.79. The largest absolute Gasteiger partial charge is 0.382 e. The van der Waals surface area contributed by atoms with E-state index in [0.29, 0.717) is 47.0 Å². The second-order valence-corrected chi connectivity index (χ2v) is 14.5. The second kappa shape index (κ2) is 12.4. The van der Waals surface area contributed by atoms with E-state index in [1.54, 1.807) is 0 Å². The number of nitrogens with zero attached hydrogens (tertiary/aromatic N) is 1. The van der Waals surface area contributed by atoms with Gasteiger partial charge in [0, 0.05) is 28.7 Å². The van der Waals surface area contributed by atoms with Crippen LogP contribution in [0, 0.1) is 29.4 Å². The molecule has 2 aliphatic carbocycles. The van der Waals surface area contributed by atoms with Crippen molar-refractivity contribution in [3.63, 3.8) is 0 Å². The van der Waals surface area contributed by atoms with Crippen molar-refractivity contribution in [2.75, 3.05) is 23.7 Å². The number of H-pyrrole nitrogens is 1. The molecule has 5 unspecified atom stereocenters. The van der Waals surface area contributed by atoms with Gasteiger partial charge in [0.25, 0.3) is 5.91 Å². The van der Waals surface area contributed by atoms with Gasteiger partial charge in [0.1, 0.15) is 11.6 Å². The highest BCUT2D eigenvalue weighted by Gasteiger charge is 2.44. The Morgan fingerprint density at radius 3 is 2.57 bits per heavy atom. The van der Waals surface area contributed by atoms with Gasteiger partial charge in [0.2, 0.25) is 0 Å². The van der Waals surface area contributed by atoms with Crippen LogP contribution in [0.1, 0.15) is 85.3 Å². The molecule has 3 aliphatic rings. The van der Waals surface area contributed by atoms with E-state index >= 15 is 0 Å². The van der Waals surface area contributed by atoms with Crippen molar-refractivity contribution in [2.24, 2.45) is 23.5 Å². The highest BCUT2D eigenvalue weighted by Crippen LogP contribution is 2.53. The average Bonchev–Trinajstić information content (AvgIpc) is 3.38. The van der Waals surface area contributed by atoms with Gasteiger partial charge in [-0.15, -0.1) is 0 Å². The molecule has 6 N–H and O–H groups in total. The van der Waals surface area contributed by atoms with Gasteiger partial charge < -0.3 is 21.7 Å². The number of anilines is 2. The van der Waals surface area contributed by atoms with Gasteiger partial charge in [-0.3, -0.25) is 9.89 Å². The highest BCUT2D eigenvalue weighted by atomic mass is 19.1. The molecule has 5 atom stereocenters. The summed E-state index contributed by atoms with van der Waals surface area (Å²) in [5.74, 6) is 1.16. The molecule has 1 aromatic heterocycles. The van der Waals surface area contributed by atoms with Crippen LogP contribution < -0.4 is 21.7 Å². The lowest BCUT2D eigenvalue weighted by Gasteiger charge is -2.50. The van der Waals surface area contributed by atoms with Crippen LogP contribution >= 0.6 is 0 Å². The molecule has 2 saturated carbocycles. The number of amides is 1. The van der Waals surface area contributed by atoms with Crippen LogP contribution in [0.5, 0.6) is 0 Å². The Morgan fingerprint density at radius 1 is 1.00 bits per heavy atom. The molecule has 46 heavy (non-hydrogen) atoms. The zero-order chi connectivity index (χ0) is 32.0. The number of halogens is 2. The lowest BCUT2D eigenvalue weighted by Crippen LogP contribution is -2.49. The van der Waals surface area contributed by atoms with E-state index in [9.17, 15) is 13.6 Å². The van der Waals surface area contributed by atoms with E-state index in [4.69, 9.17) is 5.73 Å². The maximum atomic E-state index is 14.0. The minimum absolute atomic E-state index is 0.123. The Kier molecular flexibility index (Phi) is 8.32. The van der Waals surface area contributed by atoms with Gasteiger partial charge >= 0.3 is 0 Å². The summed E-state index contributed by atoms with van der Waals surface area (Å²) in [4.78, 5) is 14.0. The molecule has 7 nitrogen and oxygen atoms in total. The summed E-state index contributed by atoms with van der Waals surface area (Å²) < 4.78 is 27.6. The van der Waals surface area contributed by atoms with Crippen molar-refractivity contribution in [1.82, 2.24) is 15.5 Å². The van der Waals surface area contributed by atoms with Gasteiger partial charge in [-0.2, -0.15) is 5.10 Å². The van der Waals surface area contributed by atoms with Crippen molar-refractivity contribution in [3.05, 3.63) is 88.5 Å². The molecule has 7 rings (SSSR count). The molecule has 2 bridgehead atoms. The number of carbonyl (C=O) groups excluding carboxylic acids is 1. The van der Waals surface area contributed by atoms with Crippen molar-refractivity contribution in [2.45, 2.75) is 76.3 Å². The third kappa shape index (κ3) is 6.53. The minimum atomic E-state index is -0.606. The first-order valence-electron chi connectivity index (χ1n) is 16.7. The summed E-state index contributed by atoms with van der Waals surface area (Å²) >= 11 is 0. The van der Waals surface area contributed by atoms with Crippen LogP contribution in [0.3, 0.4) is 0 Å². The molecule has 1 saturated heterocycles. The first kappa shape index (κ1) is 30.8. The number of fused-ring (bicyclic) bond motifs is 3. The third-order valence-electron chi connectivity index (χ3n) is 10.5. The zero-order valence-corrected chi connectivity index (χ0v) is 26.6. The predicted octanol–water partition coefficient (Wildman–Crippen LogP) is 7.11. The van der Waals surface area contributed by atoms with E-state index in [1.807, 2.05) is 24.3 Å². The Balaban J connectivity index is 1.17. The molecule has 9 heteroatoms. The lowest BCUT2D eigenvalue weighted by atomic mass is 9.57. The van der Waals surface area contributed by atoms with Crippen LogP contribution in [0.4, 0.5) is 20.3 Å². The number of piperidine rings is 1. The van der Waals surface area contributed by atoms with E-state index in [0.717, 1.165) is 67.0 Å². The monoisotopic (exact) mass is 626 g/mol. The Morgan fingerprint density at radius 2 is 1.78 bits per heavy atom. The van der Waals surface area contributed by atoms with E-state index in [2.05, 4.69) is 52.1 Å². The SMILES string of the molecule is CC1CC2CC(CC(C)(N)C2)C1c1ccc(C(=O)Nc2n[nH]c3ccc(Cc4cc(F)cc(F)c4)cc23)c(NC2CCNCC2)c1. The maximum Gasteiger partial charge on any atom is 0.258 e. The Hall–Kier alpha value is -3.82. The molecular weight excluding hydrogens is 582 g/mol. The minimum Gasteiger partial charge on any atom is -0.382 e. The Bertz CT molecular complexity index is 1720. The third-order valence-corrected chi connectivity index (χ3v) is 10.5. The van der Waals surface area contributed by atoms with Gasteiger partial charge in [0.05, 0.1) is 11.1 Å². The molecule has 0 spiro atoms. The number of aromatic nitrogens is 2. The van der Waals surface area contributed by atoms with Crippen molar-refractivity contribution in [3.8, 4) is 0 Å². The van der Waals surface area contributed by atoms with Gasteiger partial charge in [-0.25, -0.2) is 8.78 Å². The number of hydrogen-bond donors (Lipinski definition) is 5. The normalized spacial score (nSPS) is 26.6. The van der Waals surface area contributed by atoms with E-state index < -0.39 is 11.6 Å². The zero-order valence-electron chi connectivity index (χ0n) is 26.6. The molecular formula is C37H44F2N6O. The molecule has 3 fully saturated rings. The fourth-order valence-electron chi connectivity index (χ4n) is 8.79. The van der Waals surface area contributed by atoms with Crippen molar-refractivity contribution < 1.29 is 13.6 Å². The summed E-state index contributed by atoms with van der Waals surface area (Å²) in [5.41, 5.74) is 11.5. The quantitative estimate of drug-likeness (QED) is 0.150. The second-order valence-electron chi connectivity index (χ2n) is 14.5. The smallest absolute Gasteiger partial charge is 0.258 e. The molecule has 3 aromatic carbocycles. The highest BCUT2D eigenvalue weighted by molar-refractivity contribution is 6.10.